The van der Waals surface area contributed by atoms with Gasteiger partial charge in [-0.1, -0.05) is 55.0 Å². The van der Waals surface area contributed by atoms with E-state index in [0.717, 1.165) is 21.7 Å². The molecule has 2 N–H and O–H groups in total. The highest BCUT2D eigenvalue weighted by Gasteiger charge is 2.27. The van der Waals surface area contributed by atoms with Gasteiger partial charge < -0.3 is 10.5 Å². The van der Waals surface area contributed by atoms with Gasteiger partial charge in [0.15, 0.2) is 0 Å². The molecule has 3 heteroatoms. The van der Waals surface area contributed by atoms with Crippen LogP contribution in [0.4, 0.5) is 0 Å². The van der Waals surface area contributed by atoms with Crippen LogP contribution < -0.4 is 10.5 Å². The van der Waals surface area contributed by atoms with Crippen LogP contribution in [0.25, 0.3) is 0 Å². The van der Waals surface area contributed by atoms with Gasteiger partial charge >= 0.3 is 0 Å². The van der Waals surface area contributed by atoms with Crippen LogP contribution in [0.5, 0.6) is 5.75 Å². The van der Waals surface area contributed by atoms with Crippen LogP contribution in [0, 0.1) is 11.8 Å². The number of ether oxygens (including phenoxy) is 1. The number of hydrogen-bond donors (Lipinski definition) is 1. The topological polar surface area (TPSA) is 35.2 Å². The Morgan fingerprint density at radius 2 is 2.00 bits per heavy atom. The summed E-state index contributed by atoms with van der Waals surface area (Å²) in [6, 6.07) is 6.22. The summed E-state index contributed by atoms with van der Waals surface area (Å²) >= 11 is 3.54. The van der Waals surface area contributed by atoms with E-state index < -0.39 is 0 Å². The molecule has 118 valence electrons. The number of rotatable bonds is 6. The molecule has 1 aliphatic rings. The van der Waals surface area contributed by atoms with Gasteiger partial charge in [0.2, 0.25) is 0 Å². The van der Waals surface area contributed by atoms with Crippen molar-refractivity contribution in [2.45, 2.75) is 57.9 Å². The van der Waals surface area contributed by atoms with Gasteiger partial charge in [-0.05, 0) is 42.9 Å². The van der Waals surface area contributed by atoms with Gasteiger partial charge in [-0.25, -0.2) is 0 Å². The minimum atomic E-state index is 0.0876. The molecule has 0 bridgehead atoms. The fraction of sp³-hybridized carbons (Fsp3) is 0.667. The SMILES string of the molecule is CCCCC1CCC(C(N)c2cc(Br)ccc2OC)CC1. The molecular weight excluding hydrogens is 326 g/mol. The maximum Gasteiger partial charge on any atom is 0.123 e. The molecule has 0 radical (unpaired) electrons. The molecule has 1 aromatic rings. The first kappa shape index (κ1) is 16.8. The van der Waals surface area contributed by atoms with Gasteiger partial charge in [-0.3, -0.25) is 0 Å². The lowest BCUT2D eigenvalue weighted by atomic mass is 9.75. The molecule has 1 unspecified atom stereocenters. The van der Waals surface area contributed by atoms with Crippen LogP contribution >= 0.6 is 15.9 Å². The quantitative estimate of drug-likeness (QED) is 0.737. The predicted molar refractivity (Wildman–Crippen MR) is 92.6 cm³/mol. The average Bonchev–Trinajstić information content (AvgIpc) is 2.52. The second-order valence-electron chi connectivity index (χ2n) is 6.34. The molecule has 21 heavy (non-hydrogen) atoms. The van der Waals surface area contributed by atoms with E-state index in [1.807, 2.05) is 12.1 Å². The normalized spacial score (nSPS) is 23.8. The first-order chi connectivity index (χ1) is 10.2. The van der Waals surface area contributed by atoms with E-state index in [4.69, 9.17) is 10.5 Å². The minimum Gasteiger partial charge on any atom is -0.496 e. The number of unbranched alkanes of at least 4 members (excludes halogenated alkanes) is 1. The molecule has 0 aliphatic heterocycles. The van der Waals surface area contributed by atoms with Gasteiger partial charge in [0.05, 0.1) is 7.11 Å². The highest BCUT2D eigenvalue weighted by atomic mass is 79.9. The molecule has 0 heterocycles. The van der Waals surface area contributed by atoms with Gasteiger partial charge in [0.1, 0.15) is 5.75 Å². The van der Waals surface area contributed by atoms with Crippen molar-refractivity contribution in [2.75, 3.05) is 7.11 Å². The largest absolute Gasteiger partial charge is 0.496 e. The lowest BCUT2D eigenvalue weighted by Gasteiger charge is -2.33. The maximum atomic E-state index is 6.56. The molecule has 0 spiro atoms. The van der Waals surface area contributed by atoms with E-state index in [2.05, 4.69) is 28.9 Å². The van der Waals surface area contributed by atoms with Crippen LogP contribution in [0.15, 0.2) is 22.7 Å². The Hall–Kier alpha value is -0.540. The molecule has 1 fully saturated rings. The summed E-state index contributed by atoms with van der Waals surface area (Å²) in [5, 5.41) is 0. The zero-order valence-electron chi connectivity index (χ0n) is 13.3. The van der Waals surface area contributed by atoms with Crippen LogP contribution in [-0.2, 0) is 0 Å². The standard InChI is InChI=1S/C18H28BrNO/c1-3-4-5-13-6-8-14(9-7-13)18(20)16-12-15(19)10-11-17(16)21-2/h10-14,18H,3-9,20H2,1-2H3. The highest BCUT2D eigenvalue weighted by Crippen LogP contribution is 2.40. The van der Waals surface area contributed by atoms with Crippen molar-refractivity contribution < 1.29 is 4.74 Å². The number of hydrogen-bond acceptors (Lipinski definition) is 2. The van der Waals surface area contributed by atoms with Crippen molar-refractivity contribution in [3.63, 3.8) is 0 Å². The Morgan fingerprint density at radius 1 is 1.29 bits per heavy atom. The first-order valence-electron chi connectivity index (χ1n) is 8.24. The smallest absolute Gasteiger partial charge is 0.123 e. The Balaban J connectivity index is 1.98. The van der Waals surface area contributed by atoms with E-state index in [0.29, 0.717) is 5.92 Å². The van der Waals surface area contributed by atoms with E-state index in [9.17, 15) is 0 Å². The summed E-state index contributed by atoms with van der Waals surface area (Å²) in [5.41, 5.74) is 7.70. The highest BCUT2D eigenvalue weighted by molar-refractivity contribution is 9.10. The molecule has 1 aromatic carbocycles. The number of nitrogens with two attached hydrogens (primary N) is 1. The summed E-state index contributed by atoms with van der Waals surface area (Å²) in [7, 11) is 1.72. The summed E-state index contributed by atoms with van der Waals surface area (Å²) < 4.78 is 6.56. The predicted octanol–water partition coefficient (Wildman–Crippen LogP) is 5.45. The van der Waals surface area contributed by atoms with Crippen LogP contribution in [-0.4, -0.2) is 7.11 Å². The molecule has 0 aromatic heterocycles. The molecule has 1 saturated carbocycles. The first-order valence-corrected chi connectivity index (χ1v) is 9.04. The van der Waals surface area contributed by atoms with Crippen LogP contribution in [0.1, 0.15) is 63.5 Å². The molecular formula is C18H28BrNO. The average molecular weight is 354 g/mol. The van der Waals surface area contributed by atoms with E-state index in [1.54, 1.807) is 7.11 Å². The zero-order chi connectivity index (χ0) is 15.2. The molecule has 0 amide bonds. The number of methoxy groups -OCH3 is 1. The molecule has 0 saturated heterocycles. The lowest BCUT2D eigenvalue weighted by Crippen LogP contribution is -2.26. The fourth-order valence-electron chi connectivity index (χ4n) is 3.55. The minimum absolute atomic E-state index is 0.0876. The summed E-state index contributed by atoms with van der Waals surface area (Å²) in [6.07, 6.45) is 9.29. The van der Waals surface area contributed by atoms with Crippen molar-refractivity contribution in [1.82, 2.24) is 0 Å². The fourth-order valence-corrected chi connectivity index (χ4v) is 3.93. The monoisotopic (exact) mass is 353 g/mol. The van der Waals surface area contributed by atoms with Gasteiger partial charge in [-0.2, -0.15) is 0 Å². The van der Waals surface area contributed by atoms with Gasteiger partial charge in [0.25, 0.3) is 0 Å². The van der Waals surface area contributed by atoms with Gasteiger partial charge in [-0.15, -0.1) is 0 Å². The maximum absolute atomic E-state index is 6.56. The Kier molecular flexibility index (Phi) is 6.56. The third-order valence-corrected chi connectivity index (χ3v) is 5.41. The van der Waals surface area contributed by atoms with E-state index in [1.165, 1.54) is 44.9 Å². The second kappa shape index (κ2) is 8.19. The van der Waals surface area contributed by atoms with Crippen molar-refractivity contribution in [1.29, 1.82) is 0 Å². The van der Waals surface area contributed by atoms with Crippen molar-refractivity contribution in [3.05, 3.63) is 28.2 Å². The lowest BCUT2D eigenvalue weighted by molar-refractivity contribution is 0.230. The molecule has 1 atom stereocenters. The number of halogens is 1. The number of benzene rings is 1. The third kappa shape index (κ3) is 4.46. The Labute approximate surface area is 137 Å². The Morgan fingerprint density at radius 3 is 2.62 bits per heavy atom. The molecule has 1 aliphatic carbocycles. The second-order valence-corrected chi connectivity index (χ2v) is 7.25. The summed E-state index contributed by atoms with van der Waals surface area (Å²) in [4.78, 5) is 0. The summed E-state index contributed by atoms with van der Waals surface area (Å²) in [6.45, 7) is 2.28. The molecule has 2 rings (SSSR count). The van der Waals surface area contributed by atoms with Crippen molar-refractivity contribution in [2.24, 2.45) is 17.6 Å². The van der Waals surface area contributed by atoms with Crippen molar-refractivity contribution in [3.8, 4) is 5.75 Å². The van der Waals surface area contributed by atoms with E-state index in [-0.39, 0.29) is 6.04 Å². The van der Waals surface area contributed by atoms with Crippen molar-refractivity contribution >= 4 is 15.9 Å². The van der Waals surface area contributed by atoms with Crippen LogP contribution in [0.2, 0.25) is 0 Å². The zero-order valence-corrected chi connectivity index (χ0v) is 14.9. The third-order valence-electron chi connectivity index (χ3n) is 4.92. The van der Waals surface area contributed by atoms with Crippen LogP contribution in [0.3, 0.4) is 0 Å². The Bertz CT molecular complexity index is 441. The summed E-state index contributed by atoms with van der Waals surface area (Å²) in [5.74, 6) is 2.43. The van der Waals surface area contributed by atoms with E-state index >= 15 is 0 Å². The van der Waals surface area contributed by atoms with Gasteiger partial charge in [0, 0.05) is 16.1 Å². The molecule has 2 nitrogen and oxygen atoms in total.